The number of nitrogens with zero attached hydrogens (tertiary/aromatic N) is 2. The maximum atomic E-state index is 12.8. The highest BCUT2D eigenvalue weighted by Gasteiger charge is 2.17. The lowest BCUT2D eigenvalue weighted by Gasteiger charge is -2.11. The summed E-state index contributed by atoms with van der Waals surface area (Å²) >= 11 is 0. The number of hydrogen-bond donors (Lipinski definition) is 2. The van der Waals surface area contributed by atoms with E-state index in [9.17, 15) is 13.2 Å². The lowest BCUT2D eigenvalue weighted by molar-refractivity contribution is 0.602. The SMILES string of the molecule is Cc1cc(=O)n(-c2ccc(NS(=O)(=O)c3cccc4ccccc34)cn2)[nH]1. The number of aromatic amines is 1. The minimum absolute atomic E-state index is 0.195. The van der Waals surface area contributed by atoms with Gasteiger partial charge < -0.3 is 0 Å². The van der Waals surface area contributed by atoms with Crippen LogP contribution in [0.2, 0.25) is 0 Å². The van der Waals surface area contributed by atoms with Crippen molar-refractivity contribution in [2.45, 2.75) is 11.8 Å². The second-order valence-corrected chi connectivity index (χ2v) is 7.75. The monoisotopic (exact) mass is 380 g/mol. The highest BCUT2D eigenvalue weighted by Crippen LogP contribution is 2.24. The van der Waals surface area contributed by atoms with Gasteiger partial charge in [-0.15, -0.1) is 0 Å². The number of aromatic nitrogens is 3. The third kappa shape index (κ3) is 3.22. The number of hydrogen-bond acceptors (Lipinski definition) is 4. The largest absolute Gasteiger partial charge is 0.294 e. The van der Waals surface area contributed by atoms with Gasteiger partial charge in [0.15, 0.2) is 5.82 Å². The van der Waals surface area contributed by atoms with Gasteiger partial charge in [-0.25, -0.2) is 18.1 Å². The van der Waals surface area contributed by atoms with Crippen molar-refractivity contribution in [2.75, 3.05) is 4.72 Å². The third-order valence-electron chi connectivity index (χ3n) is 4.12. The van der Waals surface area contributed by atoms with E-state index >= 15 is 0 Å². The zero-order chi connectivity index (χ0) is 19.0. The summed E-state index contributed by atoms with van der Waals surface area (Å²) in [5.41, 5.74) is 0.787. The molecule has 0 aliphatic carbocycles. The smallest absolute Gasteiger partial charge is 0.272 e. The molecule has 27 heavy (non-hydrogen) atoms. The highest BCUT2D eigenvalue weighted by atomic mass is 32.2. The van der Waals surface area contributed by atoms with Crippen LogP contribution < -0.4 is 10.3 Å². The van der Waals surface area contributed by atoms with Crippen molar-refractivity contribution in [2.24, 2.45) is 0 Å². The molecule has 2 aromatic carbocycles. The summed E-state index contributed by atoms with van der Waals surface area (Å²) in [6, 6.07) is 17.0. The predicted octanol–water partition coefficient (Wildman–Crippen LogP) is 2.82. The van der Waals surface area contributed by atoms with Crippen LogP contribution in [0.25, 0.3) is 16.6 Å². The number of fused-ring (bicyclic) bond motifs is 1. The molecule has 0 unspecified atom stereocenters. The number of pyridine rings is 1. The molecule has 2 aromatic heterocycles. The molecule has 136 valence electrons. The lowest BCUT2D eigenvalue weighted by atomic mass is 10.1. The van der Waals surface area contributed by atoms with E-state index in [1.807, 2.05) is 18.2 Å². The van der Waals surface area contributed by atoms with Crippen molar-refractivity contribution in [1.29, 1.82) is 0 Å². The van der Waals surface area contributed by atoms with E-state index in [4.69, 9.17) is 0 Å². The molecule has 0 aliphatic heterocycles. The fourth-order valence-electron chi connectivity index (χ4n) is 2.90. The second-order valence-electron chi connectivity index (χ2n) is 6.10. The van der Waals surface area contributed by atoms with Gasteiger partial charge in [0, 0.05) is 17.1 Å². The molecule has 2 N–H and O–H groups in total. The Kier molecular flexibility index (Phi) is 4.04. The van der Waals surface area contributed by atoms with Gasteiger partial charge in [0.1, 0.15) is 0 Å². The van der Waals surface area contributed by atoms with Crippen LogP contribution in [0.1, 0.15) is 5.69 Å². The van der Waals surface area contributed by atoms with E-state index in [1.54, 1.807) is 43.3 Å². The van der Waals surface area contributed by atoms with E-state index in [2.05, 4.69) is 14.8 Å². The van der Waals surface area contributed by atoms with Crippen molar-refractivity contribution in [3.63, 3.8) is 0 Å². The molecule has 7 nitrogen and oxygen atoms in total. The lowest BCUT2D eigenvalue weighted by Crippen LogP contribution is -2.16. The second kappa shape index (κ2) is 6.40. The quantitative estimate of drug-likeness (QED) is 0.569. The number of aryl methyl sites for hydroxylation is 1. The summed E-state index contributed by atoms with van der Waals surface area (Å²) in [6.07, 6.45) is 1.38. The summed E-state index contributed by atoms with van der Waals surface area (Å²) in [5.74, 6) is 0.376. The first-order valence-corrected chi connectivity index (χ1v) is 9.68. The highest BCUT2D eigenvalue weighted by molar-refractivity contribution is 7.93. The van der Waals surface area contributed by atoms with Crippen LogP contribution in [-0.4, -0.2) is 23.2 Å². The van der Waals surface area contributed by atoms with Crippen LogP contribution in [-0.2, 0) is 10.0 Å². The molecule has 0 aliphatic rings. The molecule has 0 amide bonds. The summed E-state index contributed by atoms with van der Waals surface area (Å²) in [5, 5.41) is 4.36. The Morgan fingerprint density at radius 1 is 1.04 bits per heavy atom. The topological polar surface area (TPSA) is 96.8 Å². The van der Waals surface area contributed by atoms with Crippen LogP contribution in [0.4, 0.5) is 5.69 Å². The summed E-state index contributed by atoms with van der Waals surface area (Å²) in [4.78, 5) is 16.2. The Hall–Kier alpha value is -3.39. The number of benzene rings is 2. The first kappa shape index (κ1) is 17.0. The first-order chi connectivity index (χ1) is 12.9. The Balaban J connectivity index is 1.67. The number of nitrogens with one attached hydrogen (secondary N) is 2. The van der Waals surface area contributed by atoms with E-state index in [-0.39, 0.29) is 10.5 Å². The molecule has 0 saturated heterocycles. The van der Waals surface area contributed by atoms with Crippen molar-refractivity contribution < 1.29 is 8.42 Å². The molecule has 4 rings (SSSR count). The molecule has 8 heteroatoms. The number of H-pyrrole nitrogens is 1. The van der Waals surface area contributed by atoms with Crippen molar-refractivity contribution in [3.05, 3.63) is 82.9 Å². The van der Waals surface area contributed by atoms with Crippen LogP contribution in [0.5, 0.6) is 0 Å². The maximum absolute atomic E-state index is 12.8. The zero-order valence-corrected chi connectivity index (χ0v) is 15.2. The van der Waals surface area contributed by atoms with Gasteiger partial charge in [-0.1, -0.05) is 36.4 Å². The Morgan fingerprint density at radius 3 is 2.52 bits per heavy atom. The fourth-order valence-corrected chi connectivity index (χ4v) is 4.18. The van der Waals surface area contributed by atoms with E-state index < -0.39 is 10.0 Å². The van der Waals surface area contributed by atoms with E-state index in [1.165, 1.54) is 16.9 Å². The van der Waals surface area contributed by atoms with Gasteiger partial charge in [0.25, 0.3) is 15.6 Å². The van der Waals surface area contributed by atoms with Gasteiger partial charge in [-0.2, -0.15) is 0 Å². The predicted molar refractivity (Wildman–Crippen MR) is 104 cm³/mol. The van der Waals surface area contributed by atoms with Gasteiger partial charge in [0.2, 0.25) is 0 Å². The molecule has 0 bridgehead atoms. The van der Waals surface area contributed by atoms with Crippen LogP contribution in [0, 0.1) is 6.92 Å². The molecule has 2 heterocycles. The van der Waals surface area contributed by atoms with Crippen molar-refractivity contribution >= 4 is 26.5 Å². The average Bonchev–Trinajstić information content (AvgIpc) is 3.00. The summed E-state index contributed by atoms with van der Waals surface area (Å²) in [7, 11) is -3.79. The molecule has 0 fully saturated rings. The maximum Gasteiger partial charge on any atom is 0.272 e. The Bertz CT molecular complexity index is 1280. The zero-order valence-electron chi connectivity index (χ0n) is 14.4. The Labute approximate surface area is 155 Å². The minimum Gasteiger partial charge on any atom is -0.294 e. The standard InChI is InChI=1S/C19H16N4O3S/c1-13-11-19(24)23(21-13)18-10-9-15(12-20-18)22-27(25,26)17-8-4-6-14-5-2-3-7-16(14)17/h2-12,21-22H,1H3. The van der Waals surface area contributed by atoms with E-state index in [0.717, 1.165) is 5.39 Å². The van der Waals surface area contributed by atoms with Crippen LogP contribution in [0.3, 0.4) is 0 Å². The number of rotatable bonds is 4. The van der Waals surface area contributed by atoms with Crippen LogP contribution in [0.15, 0.2) is 76.6 Å². The van der Waals surface area contributed by atoms with Gasteiger partial charge in [0.05, 0.1) is 16.8 Å². The fraction of sp³-hybridized carbons (Fsp3) is 0.0526. The molecule has 0 saturated carbocycles. The van der Waals surface area contributed by atoms with Gasteiger partial charge in [-0.05, 0) is 30.5 Å². The summed E-state index contributed by atoms with van der Waals surface area (Å²) in [6.45, 7) is 1.77. The molecular weight excluding hydrogens is 364 g/mol. The first-order valence-electron chi connectivity index (χ1n) is 8.20. The van der Waals surface area contributed by atoms with Crippen molar-refractivity contribution in [1.82, 2.24) is 14.8 Å². The minimum atomic E-state index is -3.79. The third-order valence-corrected chi connectivity index (χ3v) is 5.56. The molecule has 0 atom stereocenters. The van der Waals surface area contributed by atoms with Crippen LogP contribution >= 0.6 is 0 Å². The average molecular weight is 380 g/mol. The van der Waals surface area contributed by atoms with Gasteiger partial charge >= 0.3 is 0 Å². The van der Waals surface area contributed by atoms with Crippen molar-refractivity contribution in [3.8, 4) is 5.82 Å². The normalized spacial score (nSPS) is 11.6. The molecule has 0 spiro atoms. The van der Waals surface area contributed by atoms with E-state index in [0.29, 0.717) is 22.6 Å². The molecular formula is C19H16N4O3S. The van der Waals surface area contributed by atoms with Gasteiger partial charge in [-0.3, -0.25) is 14.6 Å². The number of sulfonamides is 1. The number of anilines is 1. The molecule has 0 radical (unpaired) electrons. The summed E-state index contributed by atoms with van der Waals surface area (Å²) < 4.78 is 29.5. The Morgan fingerprint density at radius 2 is 1.81 bits per heavy atom. The molecule has 4 aromatic rings.